The molecule has 0 saturated carbocycles. The van der Waals surface area contributed by atoms with Gasteiger partial charge in [-0.3, -0.25) is 0 Å². The Bertz CT molecular complexity index is 2060. The molecule has 1 unspecified atom stereocenters. The highest BCUT2D eigenvalue weighted by Crippen LogP contribution is 2.43. The quantitative estimate of drug-likeness (QED) is 0.0978. The number of benzene rings is 5. The van der Waals surface area contributed by atoms with Crippen LogP contribution in [-0.2, 0) is 16.9 Å². The molecule has 1 aliphatic rings. The first-order chi connectivity index (χ1) is 24.9. The van der Waals surface area contributed by atoms with Gasteiger partial charge in [-0.15, -0.1) is 5.10 Å². The monoisotopic (exact) mass is 694 g/mol. The Morgan fingerprint density at radius 3 is 1.84 bits per heavy atom. The van der Waals surface area contributed by atoms with E-state index in [0.717, 1.165) is 58.2 Å². The first-order valence-electron chi connectivity index (χ1n) is 17.2. The Balaban J connectivity index is 1.32. The summed E-state index contributed by atoms with van der Waals surface area (Å²) in [5.41, 5.74) is 5.46. The Morgan fingerprint density at radius 1 is 0.784 bits per heavy atom. The van der Waals surface area contributed by atoms with Gasteiger partial charge < -0.3 is 15.3 Å². The number of unbranched alkanes of at least 4 members (excludes halogenated alkanes) is 1. The molecule has 256 valence electrons. The highest BCUT2D eigenvalue weighted by atomic mass is 35.5. The summed E-state index contributed by atoms with van der Waals surface area (Å²) in [5, 5.41) is 27.2. The zero-order valence-electron chi connectivity index (χ0n) is 28.6. The third kappa shape index (κ3) is 6.17. The second-order valence-corrected chi connectivity index (χ2v) is 13.4. The number of rotatable bonds is 12. The van der Waals surface area contributed by atoms with Crippen molar-refractivity contribution in [2.24, 2.45) is 0 Å². The maximum atomic E-state index is 12.3. The molecular formula is C42H39ClN6O2. The number of carboxylic acids is 1. The number of aromatic nitrogens is 4. The van der Waals surface area contributed by atoms with Crippen LogP contribution in [0.1, 0.15) is 55.4 Å². The molecule has 7 rings (SSSR count). The van der Waals surface area contributed by atoms with E-state index in [1.165, 1.54) is 0 Å². The molecular weight excluding hydrogens is 656 g/mol. The lowest BCUT2D eigenvalue weighted by molar-refractivity contribution is -0.135. The molecule has 0 saturated heterocycles. The Kier molecular flexibility index (Phi) is 9.43. The van der Waals surface area contributed by atoms with E-state index in [9.17, 15) is 9.90 Å². The number of aliphatic carboxylic acids is 1. The van der Waals surface area contributed by atoms with E-state index in [-0.39, 0.29) is 10.9 Å². The van der Waals surface area contributed by atoms with Crippen LogP contribution in [0.2, 0.25) is 0 Å². The first-order valence-corrected chi connectivity index (χ1v) is 17.6. The van der Waals surface area contributed by atoms with Gasteiger partial charge >= 0.3 is 5.97 Å². The average Bonchev–Trinajstić information content (AvgIpc) is 3.75. The predicted molar refractivity (Wildman–Crippen MR) is 200 cm³/mol. The van der Waals surface area contributed by atoms with Gasteiger partial charge in [-0.25, -0.2) is 9.48 Å². The van der Waals surface area contributed by atoms with Gasteiger partial charge in [0.1, 0.15) is 16.4 Å². The number of halogens is 1. The van der Waals surface area contributed by atoms with Crippen LogP contribution in [0, 0.1) is 0 Å². The normalized spacial score (nSPS) is 15.9. The molecule has 5 aromatic carbocycles. The second-order valence-electron chi connectivity index (χ2n) is 13.0. The predicted octanol–water partition coefficient (Wildman–Crippen LogP) is 8.65. The molecule has 6 aromatic rings. The molecule has 8 nitrogen and oxygen atoms in total. The maximum absolute atomic E-state index is 12.3. The van der Waals surface area contributed by atoms with E-state index >= 15 is 0 Å². The molecule has 9 heteroatoms. The van der Waals surface area contributed by atoms with E-state index in [2.05, 4.69) is 83.2 Å². The fourth-order valence-corrected chi connectivity index (χ4v) is 7.68. The third-order valence-electron chi connectivity index (χ3n) is 9.81. The summed E-state index contributed by atoms with van der Waals surface area (Å²) in [6.45, 7) is 4.52. The molecule has 1 atom stereocenters. The van der Waals surface area contributed by atoms with Crippen LogP contribution in [0.15, 0.2) is 150 Å². The molecule has 0 bridgehead atoms. The molecule has 0 fully saturated rings. The van der Waals surface area contributed by atoms with Crippen LogP contribution >= 0.6 is 11.6 Å². The molecule has 51 heavy (non-hydrogen) atoms. The van der Waals surface area contributed by atoms with Crippen molar-refractivity contribution in [3.05, 3.63) is 173 Å². The van der Waals surface area contributed by atoms with Gasteiger partial charge in [0.05, 0.1) is 0 Å². The lowest BCUT2D eigenvalue weighted by atomic mass is 9.77. The van der Waals surface area contributed by atoms with Crippen LogP contribution in [0.4, 0.5) is 0 Å². The number of hydrogen-bond acceptors (Lipinski definition) is 6. The summed E-state index contributed by atoms with van der Waals surface area (Å²) >= 11 is 6.46. The highest BCUT2D eigenvalue weighted by Gasteiger charge is 2.44. The van der Waals surface area contributed by atoms with Crippen molar-refractivity contribution in [1.29, 1.82) is 0 Å². The number of tetrazole rings is 1. The minimum absolute atomic E-state index is 0.0928. The zero-order valence-corrected chi connectivity index (χ0v) is 29.3. The van der Waals surface area contributed by atoms with Gasteiger partial charge in [0.25, 0.3) is 0 Å². The summed E-state index contributed by atoms with van der Waals surface area (Å²) in [7, 11) is 0. The number of carbonyl (C=O) groups is 1. The van der Waals surface area contributed by atoms with Gasteiger partial charge in [0.15, 0.2) is 11.5 Å². The van der Waals surface area contributed by atoms with Crippen LogP contribution in [0.5, 0.6) is 0 Å². The first kappa shape index (κ1) is 33.8. The third-order valence-corrected chi connectivity index (χ3v) is 10.1. The van der Waals surface area contributed by atoms with Crippen molar-refractivity contribution in [2.45, 2.75) is 50.9 Å². The van der Waals surface area contributed by atoms with Gasteiger partial charge in [0, 0.05) is 12.1 Å². The number of nitrogens with one attached hydrogen (secondary N) is 1. The van der Waals surface area contributed by atoms with E-state index in [4.69, 9.17) is 16.8 Å². The number of carboxylic acid groups (broad SMARTS) is 1. The van der Waals surface area contributed by atoms with E-state index < -0.39 is 17.2 Å². The largest absolute Gasteiger partial charge is 0.476 e. The Morgan fingerprint density at radius 2 is 1.31 bits per heavy atom. The average molecular weight is 695 g/mol. The van der Waals surface area contributed by atoms with E-state index in [1.54, 1.807) is 0 Å². The molecule has 1 aliphatic heterocycles. The van der Waals surface area contributed by atoms with Crippen molar-refractivity contribution in [3.63, 3.8) is 0 Å². The highest BCUT2D eigenvalue weighted by molar-refractivity contribution is 6.31. The number of hydrogen-bond donors (Lipinski definition) is 2. The lowest BCUT2D eigenvalue weighted by Gasteiger charge is -2.38. The Labute approximate surface area is 303 Å². The molecule has 2 heterocycles. The summed E-state index contributed by atoms with van der Waals surface area (Å²) in [6.07, 6.45) is 2.69. The second kappa shape index (κ2) is 14.2. The van der Waals surface area contributed by atoms with Crippen LogP contribution in [0.25, 0.3) is 22.5 Å². The fraction of sp³-hybridized carbons (Fsp3) is 0.190. The van der Waals surface area contributed by atoms with Crippen LogP contribution < -0.4 is 5.32 Å². The van der Waals surface area contributed by atoms with Crippen LogP contribution in [-0.4, -0.2) is 41.8 Å². The van der Waals surface area contributed by atoms with Crippen molar-refractivity contribution in [2.75, 3.05) is 0 Å². The molecule has 1 aromatic heterocycles. The van der Waals surface area contributed by atoms with Gasteiger partial charge in [-0.1, -0.05) is 164 Å². The molecule has 0 aliphatic carbocycles. The molecule has 0 radical (unpaired) electrons. The smallest absolute Gasteiger partial charge is 0.355 e. The molecule has 2 N–H and O–H groups in total. The van der Waals surface area contributed by atoms with Crippen molar-refractivity contribution in [1.82, 2.24) is 30.4 Å². The summed E-state index contributed by atoms with van der Waals surface area (Å²) in [5.74, 6) is -0.430. The van der Waals surface area contributed by atoms with E-state index in [0.29, 0.717) is 12.4 Å². The van der Waals surface area contributed by atoms with Gasteiger partial charge in [0.2, 0.25) is 0 Å². The van der Waals surface area contributed by atoms with Crippen molar-refractivity contribution in [3.8, 4) is 22.5 Å². The van der Waals surface area contributed by atoms with Gasteiger partial charge in [-0.2, -0.15) is 0 Å². The maximum Gasteiger partial charge on any atom is 0.355 e. The van der Waals surface area contributed by atoms with Gasteiger partial charge in [-0.05, 0) is 63.6 Å². The molecule has 0 amide bonds. The zero-order chi connectivity index (χ0) is 35.4. The van der Waals surface area contributed by atoms with Crippen LogP contribution in [0.3, 0.4) is 0 Å². The summed E-state index contributed by atoms with van der Waals surface area (Å²) in [6, 6.07) is 47.4. The minimum atomic E-state index is -1.05. The van der Waals surface area contributed by atoms with E-state index in [1.807, 2.05) is 95.4 Å². The summed E-state index contributed by atoms with van der Waals surface area (Å²) < 4.78 is 1.95. The topological polar surface area (TPSA) is 96.2 Å². The van der Waals surface area contributed by atoms with Crippen molar-refractivity contribution >= 4 is 17.6 Å². The lowest BCUT2D eigenvalue weighted by Crippen LogP contribution is -2.50. The standard InChI is InChI=1S/C42H39ClN6O2/c1-3-4-28-41(2)44-38(43)37(40(50)51)48(41)29-30-24-26-31(27-25-30)35-22-14-15-23-36(35)39-45-46-47-49(39)42(32-16-8-5-9-17-32,33-18-10-6-11-19-33)34-20-12-7-13-21-34/h5-27,44H,3-4,28-29H2,1-2H3,(H,50,51). The SMILES string of the molecule is CCCCC1(C)NC(Cl)=C(C(=O)O)N1Cc1ccc(-c2ccccc2-c2nnnn2C(c2ccccc2)(c2ccccc2)c2ccccc2)cc1. The van der Waals surface area contributed by atoms with Crippen molar-refractivity contribution < 1.29 is 9.90 Å². The minimum Gasteiger partial charge on any atom is -0.476 e. The fourth-order valence-electron chi connectivity index (χ4n) is 7.30. The Hall–Kier alpha value is -5.73. The summed E-state index contributed by atoms with van der Waals surface area (Å²) in [4.78, 5) is 14.2. The number of nitrogens with zero attached hydrogens (tertiary/aromatic N) is 5. The molecule has 0 spiro atoms.